The number of hydrogen-bond acceptors (Lipinski definition) is 2. The highest BCUT2D eigenvalue weighted by atomic mass is 16.2. The molecule has 0 spiro atoms. The molecule has 112 valence electrons. The Morgan fingerprint density at radius 3 is 2.47 bits per heavy atom. The first-order chi connectivity index (χ1) is 8.90. The average molecular weight is 268 g/mol. The number of carbonyl (C=O) groups excluding carboxylic acids is 1. The second-order valence-electron chi connectivity index (χ2n) is 7.11. The number of piperidine rings is 1. The molecule has 1 aliphatic heterocycles. The van der Waals surface area contributed by atoms with Crippen LogP contribution in [0.25, 0.3) is 0 Å². The molecule has 1 saturated heterocycles. The van der Waals surface area contributed by atoms with Gasteiger partial charge in [0.2, 0.25) is 5.91 Å². The summed E-state index contributed by atoms with van der Waals surface area (Å²) in [6.07, 6.45) is 6.92. The Kier molecular flexibility index (Phi) is 6.31. The van der Waals surface area contributed by atoms with Gasteiger partial charge in [0.25, 0.3) is 0 Å². The zero-order valence-corrected chi connectivity index (χ0v) is 13.3. The van der Waals surface area contributed by atoms with E-state index in [4.69, 9.17) is 0 Å². The fourth-order valence-electron chi connectivity index (χ4n) is 2.68. The molecule has 0 saturated carbocycles. The first-order valence-electron chi connectivity index (χ1n) is 7.89. The molecule has 0 aliphatic carbocycles. The van der Waals surface area contributed by atoms with E-state index in [-0.39, 0.29) is 16.7 Å². The van der Waals surface area contributed by atoms with Crippen molar-refractivity contribution < 1.29 is 4.79 Å². The molecule has 3 nitrogen and oxygen atoms in total. The van der Waals surface area contributed by atoms with Crippen molar-refractivity contribution in [2.75, 3.05) is 19.6 Å². The van der Waals surface area contributed by atoms with Crippen molar-refractivity contribution in [3.05, 3.63) is 0 Å². The van der Waals surface area contributed by atoms with Crippen molar-refractivity contribution in [3.8, 4) is 0 Å². The van der Waals surface area contributed by atoms with Gasteiger partial charge in [-0.15, -0.1) is 0 Å². The molecule has 0 aromatic heterocycles. The predicted molar refractivity (Wildman–Crippen MR) is 81.1 cm³/mol. The van der Waals surface area contributed by atoms with Gasteiger partial charge in [0.15, 0.2) is 0 Å². The largest absolute Gasteiger partial charge is 0.355 e. The maximum absolute atomic E-state index is 12.4. The average Bonchev–Trinajstić information content (AvgIpc) is 2.37. The van der Waals surface area contributed by atoms with E-state index < -0.39 is 0 Å². The maximum atomic E-state index is 12.4. The fraction of sp³-hybridized carbons (Fsp3) is 0.938. The molecule has 1 rings (SSSR count). The van der Waals surface area contributed by atoms with Crippen LogP contribution in [-0.4, -0.2) is 25.5 Å². The standard InChI is InChI=1S/C16H32N2O/c1-5-6-7-8-15(2,3)13-18-14(19)16(4)9-11-17-12-10-16/h17H,5-13H2,1-4H3,(H,18,19). The predicted octanol–water partition coefficient (Wildman–Crippen LogP) is 3.10. The fourth-order valence-corrected chi connectivity index (χ4v) is 2.68. The monoisotopic (exact) mass is 268 g/mol. The van der Waals surface area contributed by atoms with E-state index in [2.05, 4.69) is 38.3 Å². The van der Waals surface area contributed by atoms with Crippen LogP contribution in [0.2, 0.25) is 0 Å². The van der Waals surface area contributed by atoms with E-state index in [1.54, 1.807) is 0 Å². The van der Waals surface area contributed by atoms with Crippen LogP contribution >= 0.6 is 0 Å². The van der Waals surface area contributed by atoms with Gasteiger partial charge in [-0.1, -0.05) is 47.0 Å². The number of hydrogen-bond donors (Lipinski definition) is 2. The molecule has 0 aromatic rings. The number of carbonyl (C=O) groups is 1. The maximum Gasteiger partial charge on any atom is 0.226 e. The summed E-state index contributed by atoms with van der Waals surface area (Å²) in [6, 6.07) is 0. The van der Waals surface area contributed by atoms with Crippen LogP contribution in [0.15, 0.2) is 0 Å². The Bertz CT molecular complexity index is 280. The van der Waals surface area contributed by atoms with Crippen LogP contribution in [0.1, 0.15) is 66.2 Å². The third-order valence-corrected chi connectivity index (χ3v) is 4.44. The van der Waals surface area contributed by atoms with E-state index in [9.17, 15) is 4.79 Å². The summed E-state index contributed by atoms with van der Waals surface area (Å²) in [7, 11) is 0. The van der Waals surface area contributed by atoms with Crippen molar-refractivity contribution in [3.63, 3.8) is 0 Å². The van der Waals surface area contributed by atoms with Gasteiger partial charge in [0, 0.05) is 12.0 Å². The Hall–Kier alpha value is -0.570. The summed E-state index contributed by atoms with van der Waals surface area (Å²) in [4.78, 5) is 12.4. The molecule has 3 heteroatoms. The summed E-state index contributed by atoms with van der Waals surface area (Å²) < 4.78 is 0. The second-order valence-corrected chi connectivity index (χ2v) is 7.11. The van der Waals surface area contributed by atoms with Gasteiger partial charge < -0.3 is 10.6 Å². The number of nitrogens with one attached hydrogen (secondary N) is 2. The topological polar surface area (TPSA) is 41.1 Å². The Balaban J connectivity index is 2.35. The molecular formula is C16H32N2O. The Morgan fingerprint density at radius 2 is 1.89 bits per heavy atom. The smallest absolute Gasteiger partial charge is 0.226 e. The molecular weight excluding hydrogens is 236 g/mol. The molecule has 0 bridgehead atoms. The number of unbranched alkanes of at least 4 members (excludes halogenated alkanes) is 2. The first-order valence-corrected chi connectivity index (χ1v) is 7.89. The van der Waals surface area contributed by atoms with Gasteiger partial charge in [0.1, 0.15) is 0 Å². The van der Waals surface area contributed by atoms with Gasteiger partial charge in [0.05, 0.1) is 0 Å². The van der Waals surface area contributed by atoms with Crippen LogP contribution in [-0.2, 0) is 4.79 Å². The molecule has 0 aromatic carbocycles. The van der Waals surface area contributed by atoms with E-state index in [0.29, 0.717) is 0 Å². The third-order valence-electron chi connectivity index (χ3n) is 4.44. The molecule has 1 heterocycles. The van der Waals surface area contributed by atoms with Crippen molar-refractivity contribution in [1.29, 1.82) is 0 Å². The molecule has 19 heavy (non-hydrogen) atoms. The lowest BCUT2D eigenvalue weighted by atomic mass is 9.79. The van der Waals surface area contributed by atoms with Crippen LogP contribution in [0.4, 0.5) is 0 Å². The van der Waals surface area contributed by atoms with E-state index in [1.807, 2.05) is 0 Å². The Morgan fingerprint density at radius 1 is 1.26 bits per heavy atom. The summed E-state index contributed by atoms with van der Waals surface area (Å²) >= 11 is 0. The van der Waals surface area contributed by atoms with Crippen LogP contribution < -0.4 is 10.6 Å². The summed E-state index contributed by atoms with van der Waals surface area (Å²) in [5, 5.41) is 6.51. The van der Waals surface area contributed by atoms with Gasteiger partial charge in [-0.25, -0.2) is 0 Å². The molecule has 1 amide bonds. The first kappa shape index (κ1) is 16.5. The highest BCUT2D eigenvalue weighted by molar-refractivity contribution is 5.82. The minimum absolute atomic E-state index is 0.162. The number of rotatable bonds is 7. The molecule has 0 radical (unpaired) electrons. The molecule has 0 unspecified atom stereocenters. The van der Waals surface area contributed by atoms with Crippen LogP contribution in [0.5, 0.6) is 0 Å². The lowest BCUT2D eigenvalue weighted by Gasteiger charge is -2.34. The summed E-state index contributed by atoms with van der Waals surface area (Å²) in [5.74, 6) is 0.248. The molecule has 1 aliphatic rings. The van der Waals surface area contributed by atoms with Gasteiger partial charge in [-0.3, -0.25) is 4.79 Å². The van der Waals surface area contributed by atoms with Crippen molar-refractivity contribution in [1.82, 2.24) is 10.6 Å². The minimum atomic E-state index is -0.162. The van der Waals surface area contributed by atoms with Crippen molar-refractivity contribution >= 4 is 5.91 Å². The highest BCUT2D eigenvalue weighted by Crippen LogP contribution is 2.29. The van der Waals surface area contributed by atoms with Crippen molar-refractivity contribution in [2.24, 2.45) is 10.8 Å². The van der Waals surface area contributed by atoms with Crippen molar-refractivity contribution in [2.45, 2.75) is 66.2 Å². The van der Waals surface area contributed by atoms with Gasteiger partial charge in [-0.2, -0.15) is 0 Å². The minimum Gasteiger partial charge on any atom is -0.355 e. The van der Waals surface area contributed by atoms with Gasteiger partial charge in [-0.05, 0) is 37.8 Å². The van der Waals surface area contributed by atoms with Gasteiger partial charge >= 0.3 is 0 Å². The Labute approximate surface area is 118 Å². The molecule has 1 fully saturated rings. The third kappa shape index (κ3) is 5.52. The zero-order valence-electron chi connectivity index (χ0n) is 13.3. The van der Waals surface area contributed by atoms with Crippen LogP contribution in [0, 0.1) is 10.8 Å². The SMILES string of the molecule is CCCCCC(C)(C)CNC(=O)C1(C)CCNCC1. The molecule has 2 N–H and O–H groups in total. The summed E-state index contributed by atoms with van der Waals surface area (Å²) in [6.45, 7) is 11.6. The highest BCUT2D eigenvalue weighted by Gasteiger charge is 2.35. The van der Waals surface area contributed by atoms with E-state index in [0.717, 1.165) is 32.5 Å². The molecule has 0 atom stereocenters. The van der Waals surface area contributed by atoms with E-state index in [1.165, 1.54) is 25.7 Å². The van der Waals surface area contributed by atoms with E-state index >= 15 is 0 Å². The zero-order chi connectivity index (χ0) is 14.4. The normalized spacial score (nSPS) is 19.2. The second kappa shape index (κ2) is 7.28. The quantitative estimate of drug-likeness (QED) is 0.697. The lowest BCUT2D eigenvalue weighted by molar-refractivity contribution is -0.132. The lowest BCUT2D eigenvalue weighted by Crippen LogP contribution is -2.47. The number of amides is 1. The van der Waals surface area contributed by atoms with Crippen LogP contribution in [0.3, 0.4) is 0 Å². The summed E-state index contributed by atoms with van der Waals surface area (Å²) in [5.41, 5.74) is 0.0544.